The summed E-state index contributed by atoms with van der Waals surface area (Å²) in [4.78, 5) is 36.5. The van der Waals surface area contributed by atoms with Gasteiger partial charge in [0.2, 0.25) is 5.91 Å². The predicted molar refractivity (Wildman–Crippen MR) is 107 cm³/mol. The Balaban J connectivity index is 1.71. The molecule has 152 valence electrons. The van der Waals surface area contributed by atoms with Crippen molar-refractivity contribution in [3.05, 3.63) is 107 Å². The molecule has 0 aromatic heterocycles. The molecule has 0 aliphatic heterocycles. The number of amides is 2. The van der Waals surface area contributed by atoms with Crippen LogP contribution in [0.4, 0.5) is 8.78 Å². The van der Waals surface area contributed by atoms with Crippen LogP contribution in [0.1, 0.15) is 31.8 Å². The quantitative estimate of drug-likeness (QED) is 0.589. The highest BCUT2D eigenvalue weighted by molar-refractivity contribution is 6.09. The summed E-state index contributed by atoms with van der Waals surface area (Å²) in [7, 11) is 0. The van der Waals surface area contributed by atoms with Crippen LogP contribution in [-0.2, 0) is 11.2 Å². The van der Waals surface area contributed by atoms with Crippen LogP contribution in [0.5, 0.6) is 0 Å². The Morgan fingerprint density at radius 1 is 0.800 bits per heavy atom. The van der Waals surface area contributed by atoms with E-state index in [0.717, 1.165) is 12.1 Å². The topological polar surface area (TPSA) is 89.3 Å². The van der Waals surface area contributed by atoms with Crippen molar-refractivity contribution in [2.45, 2.75) is 12.5 Å². The summed E-state index contributed by atoms with van der Waals surface area (Å²) in [6.45, 7) is 0. The number of carbonyl (C=O) groups is 3. The fourth-order valence-electron chi connectivity index (χ4n) is 2.93. The van der Waals surface area contributed by atoms with Crippen LogP contribution in [0.2, 0.25) is 0 Å². The average Bonchev–Trinajstić information content (AvgIpc) is 2.73. The van der Waals surface area contributed by atoms with Crippen molar-refractivity contribution >= 4 is 17.6 Å². The largest absolute Gasteiger partial charge is 0.368 e. The van der Waals surface area contributed by atoms with Gasteiger partial charge in [-0.3, -0.25) is 14.4 Å². The van der Waals surface area contributed by atoms with Crippen LogP contribution >= 0.6 is 0 Å². The van der Waals surface area contributed by atoms with Crippen molar-refractivity contribution in [2.75, 3.05) is 0 Å². The number of primary amides is 1. The van der Waals surface area contributed by atoms with Gasteiger partial charge in [0.05, 0.1) is 0 Å². The molecule has 0 aliphatic carbocycles. The Bertz CT molecular complexity index is 1060. The molecule has 7 heteroatoms. The number of halogens is 2. The van der Waals surface area contributed by atoms with E-state index in [0.29, 0.717) is 22.8 Å². The third-order valence-electron chi connectivity index (χ3n) is 4.47. The highest BCUT2D eigenvalue weighted by atomic mass is 19.1. The molecule has 5 nitrogen and oxygen atoms in total. The lowest BCUT2D eigenvalue weighted by Crippen LogP contribution is -2.45. The van der Waals surface area contributed by atoms with Crippen LogP contribution in [0, 0.1) is 11.6 Å². The zero-order valence-electron chi connectivity index (χ0n) is 15.8. The first-order valence-electron chi connectivity index (χ1n) is 9.08. The molecule has 30 heavy (non-hydrogen) atoms. The van der Waals surface area contributed by atoms with Gasteiger partial charge in [0.1, 0.15) is 17.7 Å². The minimum Gasteiger partial charge on any atom is -0.368 e. The van der Waals surface area contributed by atoms with E-state index >= 15 is 0 Å². The molecule has 0 bridgehead atoms. The van der Waals surface area contributed by atoms with Gasteiger partial charge in [-0.2, -0.15) is 0 Å². The molecule has 0 fully saturated rings. The Morgan fingerprint density at radius 2 is 1.37 bits per heavy atom. The van der Waals surface area contributed by atoms with E-state index in [-0.39, 0.29) is 17.8 Å². The summed E-state index contributed by atoms with van der Waals surface area (Å²) in [6.07, 6.45) is 0.0542. The molecular weight excluding hydrogens is 390 g/mol. The second-order valence-corrected chi connectivity index (χ2v) is 6.68. The highest BCUT2D eigenvalue weighted by Crippen LogP contribution is 2.13. The maximum absolute atomic E-state index is 13.3. The molecule has 0 saturated carbocycles. The third kappa shape index (κ3) is 5.14. The number of ketones is 1. The Morgan fingerprint density at radius 3 is 1.93 bits per heavy atom. The SMILES string of the molecule is NC(=O)[C@@H](Cc1ccc(C(=O)c2ccccc2)cc1)NC(=O)c1cc(F)cc(F)c1. The first-order valence-corrected chi connectivity index (χ1v) is 9.08. The Kier molecular flexibility index (Phi) is 6.32. The van der Waals surface area contributed by atoms with Crippen molar-refractivity contribution < 1.29 is 23.2 Å². The Hall–Kier alpha value is -3.87. The number of benzene rings is 3. The van der Waals surface area contributed by atoms with Crippen LogP contribution < -0.4 is 11.1 Å². The summed E-state index contributed by atoms with van der Waals surface area (Å²) in [6, 6.07) is 16.6. The number of carbonyl (C=O) groups excluding carboxylic acids is 3. The zero-order valence-corrected chi connectivity index (χ0v) is 15.8. The highest BCUT2D eigenvalue weighted by Gasteiger charge is 2.20. The van der Waals surface area contributed by atoms with Gasteiger partial charge in [-0.05, 0) is 17.7 Å². The average molecular weight is 408 g/mol. The molecule has 0 unspecified atom stereocenters. The van der Waals surface area contributed by atoms with Gasteiger partial charge in [-0.25, -0.2) is 8.78 Å². The predicted octanol–water partition coefficient (Wildman–Crippen LogP) is 3.02. The zero-order chi connectivity index (χ0) is 21.7. The Labute approximate surface area is 171 Å². The minimum absolute atomic E-state index is 0.0542. The first kappa shape index (κ1) is 20.9. The van der Waals surface area contributed by atoms with E-state index in [1.165, 1.54) is 0 Å². The van der Waals surface area contributed by atoms with E-state index in [4.69, 9.17) is 5.73 Å². The van der Waals surface area contributed by atoms with Gasteiger partial charge in [-0.15, -0.1) is 0 Å². The summed E-state index contributed by atoms with van der Waals surface area (Å²) in [5.74, 6) is -3.59. The second kappa shape index (κ2) is 9.09. The molecular formula is C23H18F2N2O3. The van der Waals surface area contributed by atoms with Gasteiger partial charge in [0.15, 0.2) is 5.78 Å². The van der Waals surface area contributed by atoms with Gasteiger partial charge < -0.3 is 11.1 Å². The number of hydrogen-bond acceptors (Lipinski definition) is 3. The molecule has 3 aromatic carbocycles. The van der Waals surface area contributed by atoms with Gasteiger partial charge in [0, 0.05) is 29.2 Å². The number of nitrogens with one attached hydrogen (secondary N) is 1. The summed E-state index contributed by atoms with van der Waals surface area (Å²) in [5, 5.41) is 2.39. The molecule has 3 N–H and O–H groups in total. The van der Waals surface area contributed by atoms with Crippen LogP contribution in [0.25, 0.3) is 0 Å². The van der Waals surface area contributed by atoms with Gasteiger partial charge in [-0.1, -0.05) is 54.6 Å². The molecule has 0 heterocycles. The number of rotatable bonds is 7. The molecule has 0 aliphatic rings. The second-order valence-electron chi connectivity index (χ2n) is 6.68. The molecule has 3 rings (SSSR count). The molecule has 0 saturated heterocycles. The molecule has 3 aromatic rings. The fraction of sp³-hybridized carbons (Fsp3) is 0.0870. The van der Waals surface area contributed by atoms with E-state index in [9.17, 15) is 23.2 Å². The maximum atomic E-state index is 13.3. The summed E-state index contributed by atoms with van der Waals surface area (Å²) < 4.78 is 26.6. The third-order valence-corrected chi connectivity index (χ3v) is 4.47. The van der Waals surface area contributed by atoms with Crippen molar-refractivity contribution in [1.82, 2.24) is 5.32 Å². The molecule has 0 spiro atoms. The summed E-state index contributed by atoms with van der Waals surface area (Å²) >= 11 is 0. The van der Waals surface area contributed by atoms with E-state index in [1.54, 1.807) is 48.5 Å². The number of nitrogens with two attached hydrogens (primary N) is 1. The van der Waals surface area contributed by atoms with Gasteiger partial charge in [0.25, 0.3) is 5.91 Å². The van der Waals surface area contributed by atoms with E-state index in [2.05, 4.69) is 5.32 Å². The smallest absolute Gasteiger partial charge is 0.252 e. The monoisotopic (exact) mass is 408 g/mol. The van der Waals surface area contributed by atoms with E-state index < -0.39 is 29.5 Å². The molecule has 1 atom stereocenters. The first-order chi connectivity index (χ1) is 14.3. The van der Waals surface area contributed by atoms with Crippen molar-refractivity contribution in [1.29, 1.82) is 0 Å². The van der Waals surface area contributed by atoms with Crippen molar-refractivity contribution in [3.63, 3.8) is 0 Å². The van der Waals surface area contributed by atoms with Crippen LogP contribution in [-0.4, -0.2) is 23.6 Å². The maximum Gasteiger partial charge on any atom is 0.252 e. The lowest BCUT2D eigenvalue weighted by Gasteiger charge is -2.16. The van der Waals surface area contributed by atoms with Crippen LogP contribution in [0.3, 0.4) is 0 Å². The molecule has 0 radical (unpaired) electrons. The van der Waals surface area contributed by atoms with Gasteiger partial charge >= 0.3 is 0 Å². The van der Waals surface area contributed by atoms with Crippen molar-refractivity contribution in [2.24, 2.45) is 5.73 Å². The van der Waals surface area contributed by atoms with Crippen molar-refractivity contribution in [3.8, 4) is 0 Å². The minimum atomic E-state index is -1.10. The summed E-state index contributed by atoms with van der Waals surface area (Å²) in [5.41, 5.74) is 6.78. The number of hydrogen-bond donors (Lipinski definition) is 2. The van der Waals surface area contributed by atoms with E-state index in [1.807, 2.05) is 6.07 Å². The lowest BCUT2D eigenvalue weighted by molar-refractivity contribution is -0.119. The molecule has 2 amide bonds. The standard InChI is InChI=1S/C23H18F2N2O3/c24-18-11-17(12-19(25)13-18)23(30)27-20(22(26)29)10-14-6-8-16(9-7-14)21(28)15-4-2-1-3-5-15/h1-9,11-13,20H,10H2,(H2,26,29)(H,27,30)/t20-/m1/s1. The fourth-order valence-corrected chi connectivity index (χ4v) is 2.93. The normalized spacial score (nSPS) is 11.5. The van der Waals surface area contributed by atoms with Crippen LogP contribution in [0.15, 0.2) is 72.8 Å². The lowest BCUT2D eigenvalue weighted by atomic mass is 9.99.